The fourth-order valence-electron chi connectivity index (χ4n) is 1.66. The monoisotopic (exact) mass is 323 g/mol. The third kappa shape index (κ3) is 4.84. The Bertz CT molecular complexity index is 520. The molecule has 0 aliphatic carbocycles. The van der Waals surface area contributed by atoms with E-state index in [1.165, 1.54) is 0 Å². The van der Waals surface area contributed by atoms with Crippen LogP contribution in [0.2, 0.25) is 0 Å². The van der Waals surface area contributed by atoms with Crippen molar-refractivity contribution in [1.82, 2.24) is 0 Å². The summed E-state index contributed by atoms with van der Waals surface area (Å²) in [7, 11) is 0. The first-order valence-corrected chi connectivity index (χ1v) is 6.98. The standard InChI is InChI=1S/C14H14BrNO3/c1-2-19-14(18)7-12-5-10(9-16)3-4-11(12)6-13(17)8-15/h3-5H,2,6-8H2,1H3. The molecule has 0 aliphatic rings. The van der Waals surface area contributed by atoms with Gasteiger partial charge in [-0.25, -0.2) is 0 Å². The molecule has 0 spiro atoms. The second-order valence-electron chi connectivity index (χ2n) is 3.93. The molecule has 0 unspecified atom stereocenters. The molecular formula is C14H14BrNO3. The van der Waals surface area contributed by atoms with Crippen molar-refractivity contribution in [2.45, 2.75) is 19.8 Å². The van der Waals surface area contributed by atoms with Crippen molar-refractivity contribution >= 4 is 27.7 Å². The Balaban J connectivity index is 2.99. The van der Waals surface area contributed by atoms with Gasteiger partial charge in [0.05, 0.1) is 30.0 Å². The lowest BCUT2D eigenvalue weighted by Gasteiger charge is -2.09. The zero-order valence-corrected chi connectivity index (χ0v) is 12.2. The van der Waals surface area contributed by atoms with E-state index in [4.69, 9.17) is 10.00 Å². The molecule has 19 heavy (non-hydrogen) atoms. The van der Waals surface area contributed by atoms with Crippen molar-refractivity contribution < 1.29 is 14.3 Å². The summed E-state index contributed by atoms with van der Waals surface area (Å²) < 4.78 is 4.89. The van der Waals surface area contributed by atoms with Gasteiger partial charge in [0.15, 0.2) is 0 Å². The van der Waals surface area contributed by atoms with E-state index in [1.54, 1.807) is 25.1 Å². The van der Waals surface area contributed by atoms with Crippen LogP contribution in [0.1, 0.15) is 23.6 Å². The maximum atomic E-state index is 11.5. The lowest BCUT2D eigenvalue weighted by Crippen LogP contribution is -2.12. The third-order valence-electron chi connectivity index (χ3n) is 2.51. The Hall–Kier alpha value is -1.67. The fourth-order valence-corrected chi connectivity index (χ4v) is 1.86. The second kappa shape index (κ2) is 7.70. The van der Waals surface area contributed by atoms with Crippen LogP contribution in [0, 0.1) is 11.3 Å². The maximum Gasteiger partial charge on any atom is 0.310 e. The minimum Gasteiger partial charge on any atom is -0.466 e. The van der Waals surface area contributed by atoms with Gasteiger partial charge in [-0.3, -0.25) is 9.59 Å². The van der Waals surface area contributed by atoms with Crippen LogP contribution < -0.4 is 0 Å². The molecule has 1 aromatic carbocycles. The number of nitriles is 1. The zero-order valence-electron chi connectivity index (χ0n) is 10.6. The summed E-state index contributed by atoms with van der Waals surface area (Å²) in [5, 5.41) is 9.15. The molecule has 4 nitrogen and oxygen atoms in total. The molecule has 0 radical (unpaired) electrons. The van der Waals surface area contributed by atoms with Crippen LogP contribution in [0.3, 0.4) is 0 Å². The second-order valence-corrected chi connectivity index (χ2v) is 4.49. The van der Waals surface area contributed by atoms with Crippen LogP contribution in [0.15, 0.2) is 18.2 Å². The number of ether oxygens (including phenoxy) is 1. The first-order chi connectivity index (χ1) is 9.10. The van der Waals surface area contributed by atoms with E-state index in [0.717, 1.165) is 5.56 Å². The number of ketones is 1. The molecule has 0 saturated heterocycles. The minimum atomic E-state index is -0.356. The molecule has 0 saturated carbocycles. The third-order valence-corrected chi connectivity index (χ3v) is 3.14. The van der Waals surface area contributed by atoms with Crippen LogP contribution >= 0.6 is 15.9 Å². The summed E-state index contributed by atoms with van der Waals surface area (Å²) in [5.74, 6) is -0.333. The van der Waals surface area contributed by atoms with Gasteiger partial charge in [0.1, 0.15) is 5.78 Å². The number of carbonyl (C=O) groups is 2. The van der Waals surface area contributed by atoms with Crippen LogP contribution in [0.25, 0.3) is 0 Å². The summed E-state index contributed by atoms with van der Waals surface area (Å²) >= 11 is 3.11. The van der Waals surface area contributed by atoms with E-state index < -0.39 is 0 Å². The predicted octanol–water partition coefficient (Wildman–Crippen LogP) is 2.17. The van der Waals surface area contributed by atoms with Crippen LogP contribution in [-0.4, -0.2) is 23.7 Å². The molecule has 0 atom stereocenters. The number of hydrogen-bond acceptors (Lipinski definition) is 4. The molecule has 0 amide bonds. The van der Waals surface area contributed by atoms with Crippen molar-refractivity contribution in [3.63, 3.8) is 0 Å². The molecule has 0 heterocycles. The van der Waals surface area contributed by atoms with Gasteiger partial charge >= 0.3 is 5.97 Å². The SMILES string of the molecule is CCOC(=O)Cc1cc(C#N)ccc1CC(=O)CBr. The van der Waals surface area contributed by atoms with Gasteiger partial charge in [0, 0.05) is 6.42 Å². The predicted molar refractivity (Wildman–Crippen MR) is 74.0 cm³/mol. The van der Waals surface area contributed by atoms with Gasteiger partial charge in [0.2, 0.25) is 0 Å². The van der Waals surface area contributed by atoms with Crippen LogP contribution in [0.5, 0.6) is 0 Å². The number of esters is 1. The Morgan fingerprint density at radius 3 is 2.63 bits per heavy atom. The first-order valence-electron chi connectivity index (χ1n) is 5.85. The highest BCUT2D eigenvalue weighted by molar-refractivity contribution is 9.09. The van der Waals surface area contributed by atoms with E-state index in [1.807, 2.05) is 6.07 Å². The number of alkyl halides is 1. The highest BCUT2D eigenvalue weighted by Crippen LogP contribution is 2.15. The highest BCUT2D eigenvalue weighted by atomic mass is 79.9. The summed E-state index contributed by atoms with van der Waals surface area (Å²) in [4.78, 5) is 23.0. The molecule has 5 heteroatoms. The smallest absolute Gasteiger partial charge is 0.310 e. The van der Waals surface area contributed by atoms with E-state index in [-0.39, 0.29) is 29.9 Å². The number of carbonyl (C=O) groups excluding carboxylic acids is 2. The summed E-state index contributed by atoms with van der Waals surface area (Å²) in [6, 6.07) is 7.01. The molecule has 0 bridgehead atoms. The number of Topliss-reactive ketones (excluding diaryl/α,β-unsaturated/α-hetero) is 1. The average Bonchev–Trinajstić information content (AvgIpc) is 2.40. The van der Waals surface area contributed by atoms with Gasteiger partial charge in [-0.05, 0) is 30.2 Å². The van der Waals surface area contributed by atoms with Gasteiger partial charge in [-0.1, -0.05) is 22.0 Å². The number of nitrogens with zero attached hydrogens (tertiary/aromatic N) is 1. The summed E-state index contributed by atoms with van der Waals surface area (Å²) in [5.41, 5.74) is 1.90. The molecule has 0 fully saturated rings. The maximum absolute atomic E-state index is 11.5. The Labute approximate surface area is 120 Å². The molecule has 1 aromatic rings. The number of halogens is 1. The molecular weight excluding hydrogens is 310 g/mol. The van der Waals surface area contributed by atoms with Crippen molar-refractivity contribution in [2.75, 3.05) is 11.9 Å². The largest absolute Gasteiger partial charge is 0.466 e. The van der Waals surface area contributed by atoms with E-state index in [9.17, 15) is 9.59 Å². The van der Waals surface area contributed by atoms with Gasteiger partial charge in [0.25, 0.3) is 0 Å². The molecule has 0 aliphatic heterocycles. The lowest BCUT2D eigenvalue weighted by molar-refractivity contribution is -0.142. The molecule has 100 valence electrons. The van der Waals surface area contributed by atoms with Crippen molar-refractivity contribution in [1.29, 1.82) is 5.26 Å². The van der Waals surface area contributed by atoms with Gasteiger partial charge in [-0.2, -0.15) is 5.26 Å². The first kappa shape index (κ1) is 15.4. The zero-order chi connectivity index (χ0) is 14.3. The van der Waals surface area contributed by atoms with Crippen LogP contribution in [-0.2, 0) is 27.2 Å². The normalized spacial score (nSPS) is 9.74. The average molecular weight is 324 g/mol. The Kier molecular flexibility index (Phi) is 6.23. The number of rotatable bonds is 6. The fraction of sp³-hybridized carbons (Fsp3) is 0.357. The van der Waals surface area contributed by atoms with Crippen molar-refractivity contribution in [3.05, 3.63) is 34.9 Å². The van der Waals surface area contributed by atoms with E-state index in [0.29, 0.717) is 17.7 Å². The lowest BCUT2D eigenvalue weighted by atomic mass is 9.98. The topological polar surface area (TPSA) is 67.2 Å². The van der Waals surface area contributed by atoms with Crippen molar-refractivity contribution in [3.8, 4) is 6.07 Å². The quantitative estimate of drug-likeness (QED) is 0.594. The Morgan fingerprint density at radius 1 is 1.32 bits per heavy atom. The highest BCUT2D eigenvalue weighted by Gasteiger charge is 2.12. The van der Waals surface area contributed by atoms with E-state index in [2.05, 4.69) is 15.9 Å². The number of hydrogen-bond donors (Lipinski definition) is 0. The van der Waals surface area contributed by atoms with Crippen LogP contribution in [0.4, 0.5) is 0 Å². The molecule has 0 aromatic heterocycles. The number of benzene rings is 1. The summed E-state index contributed by atoms with van der Waals surface area (Å²) in [6.07, 6.45) is 0.319. The van der Waals surface area contributed by atoms with Gasteiger partial charge in [-0.15, -0.1) is 0 Å². The van der Waals surface area contributed by atoms with Crippen molar-refractivity contribution in [2.24, 2.45) is 0 Å². The molecule has 0 N–H and O–H groups in total. The molecule has 1 rings (SSSR count). The van der Waals surface area contributed by atoms with E-state index >= 15 is 0 Å². The Morgan fingerprint density at radius 2 is 2.05 bits per heavy atom. The summed E-state index contributed by atoms with van der Waals surface area (Å²) in [6.45, 7) is 2.05. The van der Waals surface area contributed by atoms with Gasteiger partial charge < -0.3 is 4.74 Å². The minimum absolute atomic E-state index is 0.0230.